The molecule has 116 valence electrons. The lowest BCUT2D eigenvalue weighted by atomic mass is 10.2. The van der Waals surface area contributed by atoms with Crippen molar-refractivity contribution < 1.29 is 23.1 Å². The first-order valence-corrected chi connectivity index (χ1v) is 8.97. The number of amides is 2. The summed E-state index contributed by atoms with van der Waals surface area (Å²) in [6.07, 6.45) is 0.264. The molecule has 1 aliphatic heterocycles. The number of nitrogens with one attached hydrogen (secondary N) is 1. The molecule has 0 bridgehead atoms. The summed E-state index contributed by atoms with van der Waals surface area (Å²) in [5.74, 6) is -1.39. The summed E-state index contributed by atoms with van der Waals surface area (Å²) >= 11 is 1.39. The van der Waals surface area contributed by atoms with E-state index in [4.69, 9.17) is 5.11 Å². The van der Waals surface area contributed by atoms with Gasteiger partial charge in [0.1, 0.15) is 6.54 Å². The van der Waals surface area contributed by atoms with Gasteiger partial charge in [0, 0.05) is 11.4 Å². The van der Waals surface area contributed by atoms with E-state index >= 15 is 0 Å². The summed E-state index contributed by atoms with van der Waals surface area (Å²) in [7, 11) is -3.19. The lowest BCUT2D eigenvalue weighted by Gasteiger charge is -2.26. The van der Waals surface area contributed by atoms with Gasteiger partial charge in [-0.1, -0.05) is 0 Å². The number of carbonyl (C=O) groups is 2. The van der Waals surface area contributed by atoms with Gasteiger partial charge in [-0.3, -0.25) is 4.79 Å². The molecular weight excluding hydrogens is 318 g/mol. The predicted molar refractivity (Wildman–Crippen MR) is 75.8 cm³/mol. The number of sulfone groups is 1. The fraction of sp³-hybridized carbons (Fsp3) is 0.545. The van der Waals surface area contributed by atoms with Crippen LogP contribution in [-0.2, 0) is 21.2 Å². The van der Waals surface area contributed by atoms with Crippen LogP contribution < -0.4 is 5.32 Å². The fourth-order valence-corrected chi connectivity index (χ4v) is 4.42. The monoisotopic (exact) mass is 333 g/mol. The Bertz CT molecular complexity index is 614. The maximum Gasteiger partial charge on any atom is 0.323 e. The second-order valence-electron chi connectivity index (χ2n) is 4.72. The number of aliphatic carboxylic acids is 1. The van der Waals surface area contributed by atoms with Gasteiger partial charge in [-0.2, -0.15) is 0 Å². The van der Waals surface area contributed by atoms with Crippen LogP contribution in [0.1, 0.15) is 12.1 Å². The maximum absolute atomic E-state index is 12.1. The molecule has 0 aromatic carbocycles. The molecule has 1 atom stereocenters. The summed E-state index contributed by atoms with van der Waals surface area (Å²) in [5, 5.41) is 13.2. The maximum atomic E-state index is 12.1. The van der Waals surface area contributed by atoms with Crippen molar-refractivity contribution >= 4 is 33.2 Å². The van der Waals surface area contributed by atoms with Crippen LogP contribution in [-0.4, -0.2) is 59.5 Å². The Hall–Kier alpha value is -1.68. The lowest BCUT2D eigenvalue weighted by molar-refractivity contribution is -0.138. The summed E-state index contributed by atoms with van der Waals surface area (Å²) < 4.78 is 23.0. The van der Waals surface area contributed by atoms with Crippen molar-refractivity contribution in [1.29, 1.82) is 0 Å². The molecule has 1 unspecified atom stereocenters. The molecule has 2 rings (SSSR count). The standard InChI is InChI=1S/C11H15N3O5S2/c15-10(16)4-14(9-1-2-21(18,19)6-9)11(17)12-3-8-5-20-7-13-8/h5,7,9H,1-4,6H2,(H,12,17)(H,15,16). The highest BCUT2D eigenvalue weighted by atomic mass is 32.2. The highest BCUT2D eigenvalue weighted by Gasteiger charge is 2.35. The van der Waals surface area contributed by atoms with Gasteiger partial charge in [-0.05, 0) is 6.42 Å². The second-order valence-corrected chi connectivity index (χ2v) is 7.66. The number of aromatic nitrogens is 1. The van der Waals surface area contributed by atoms with Gasteiger partial charge in [-0.15, -0.1) is 11.3 Å². The van der Waals surface area contributed by atoms with Gasteiger partial charge in [0.2, 0.25) is 0 Å². The Morgan fingerprint density at radius 1 is 1.52 bits per heavy atom. The molecule has 1 saturated heterocycles. The quantitative estimate of drug-likeness (QED) is 0.779. The second kappa shape index (κ2) is 6.39. The van der Waals surface area contributed by atoms with Crippen LogP contribution in [0.15, 0.2) is 10.9 Å². The Morgan fingerprint density at radius 3 is 2.81 bits per heavy atom. The third-order valence-corrected chi connectivity index (χ3v) is 5.51. The van der Waals surface area contributed by atoms with E-state index in [1.54, 1.807) is 10.9 Å². The molecule has 1 aliphatic rings. The van der Waals surface area contributed by atoms with Crippen molar-refractivity contribution in [1.82, 2.24) is 15.2 Å². The van der Waals surface area contributed by atoms with Crippen molar-refractivity contribution in [3.63, 3.8) is 0 Å². The Morgan fingerprint density at radius 2 is 2.29 bits per heavy atom. The minimum absolute atomic E-state index is 0.0207. The van der Waals surface area contributed by atoms with E-state index < -0.39 is 34.4 Å². The first-order chi connectivity index (χ1) is 9.87. The van der Waals surface area contributed by atoms with Crippen molar-refractivity contribution in [2.75, 3.05) is 18.1 Å². The number of rotatable bonds is 5. The summed E-state index contributed by atoms with van der Waals surface area (Å²) in [6, 6.07) is -1.19. The Labute approximate surface area is 125 Å². The van der Waals surface area contributed by atoms with E-state index in [0.717, 1.165) is 4.90 Å². The summed E-state index contributed by atoms with van der Waals surface area (Å²) in [5.41, 5.74) is 2.29. The lowest BCUT2D eigenvalue weighted by Crippen LogP contribution is -2.48. The van der Waals surface area contributed by atoms with Crippen molar-refractivity contribution in [3.8, 4) is 0 Å². The fourth-order valence-electron chi connectivity index (χ4n) is 2.13. The molecule has 2 N–H and O–H groups in total. The highest BCUT2D eigenvalue weighted by Crippen LogP contribution is 2.18. The van der Waals surface area contributed by atoms with E-state index in [1.807, 2.05) is 0 Å². The topological polar surface area (TPSA) is 117 Å². The first-order valence-electron chi connectivity index (χ1n) is 6.21. The van der Waals surface area contributed by atoms with Crippen LogP contribution in [0.25, 0.3) is 0 Å². The average Bonchev–Trinajstić information content (AvgIpc) is 3.02. The number of hydrogen-bond donors (Lipinski definition) is 2. The normalized spacial score (nSPS) is 20.1. The Balaban J connectivity index is 2.01. The van der Waals surface area contributed by atoms with Crippen LogP contribution in [0.4, 0.5) is 4.79 Å². The van der Waals surface area contributed by atoms with Crippen LogP contribution in [0.2, 0.25) is 0 Å². The number of urea groups is 1. The third kappa shape index (κ3) is 4.39. The number of nitrogens with zero attached hydrogens (tertiary/aromatic N) is 2. The number of hydrogen-bond acceptors (Lipinski definition) is 6. The minimum atomic E-state index is -3.19. The van der Waals surface area contributed by atoms with E-state index in [1.165, 1.54) is 11.3 Å². The smallest absolute Gasteiger partial charge is 0.323 e. The molecular formula is C11H15N3O5S2. The zero-order valence-electron chi connectivity index (χ0n) is 11.1. The van der Waals surface area contributed by atoms with Gasteiger partial charge in [-0.25, -0.2) is 18.2 Å². The van der Waals surface area contributed by atoms with E-state index in [-0.39, 0.29) is 24.5 Å². The molecule has 2 heterocycles. The third-order valence-electron chi connectivity index (χ3n) is 3.12. The van der Waals surface area contributed by atoms with Crippen LogP contribution in [0, 0.1) is 0 Å². The SMILES string of the molecule is O=C(O)CN(C(=O)NCc1cscn1)C1CCS(=O)(=O)C1. The molecule has 10 heteroatoms. The van der Waals surface area contributed by atoms with Crippen molar-refractivity contribution in [3.05, 3.63) is 16.6 Å². The Kier molecular flexibility index (Phi) is 4.78. The molecule has 8 nitrogen and oxygen atoms in total. The first kappa shape index (κ1) is 15.7. The number of thiazole rings is 1. The molecule has 1 fully saturated rings. The van der Waals surface area contributed by atoms with E-state index in [0.29, 0.717) is 5.69 Å². The molecule has 0 radical (unpaired) electrons. The van der Waals surface area contributed by atoms with E-state index in [9.17, 15) is 18.0 Å². The number of carboxylic acid groups (broad SMARTS) is 1. The number of carbonyl (C=O) groups excluding carboxylic acids is 1. The number of carboxylic acids is 1. The summed E-state index contributed by atoms with van der Waals surface area (Å²) in [4.78, 5) is 28.1. The van der Waals surface area contributed by atoms with Crippen molar-refractivity contribution in [2.24, 2.45) is 0 Å². The van der Waals surface area contributed by atoms with Gasteiger partial charge in [0.05, 0.1) is 29.3 Å². The molecule has 1 aromatic heterocycles. The molecule has 21 heavy (non-hydrogen) atoms. The molecule has 0 saturated carbocycles. The van der Waals surface area contributed by atoms with Crippen LogP contribution in [0.3, 0.4) is 0 Å². The van der Waals surface area contributed by atoms with E-state index in [2.05, 4.69) is 10.3 Å². The molecule has 1 aromatic rings. The predicted octanol–water partition coefficient (Wildman–Crippen LogP) is -0.0736. The van der Waals surface area contributed by atoms with Gasteiger partial charge < -0.3 is 15.3 Å². The van der Waals surface area contributed by atoms with Crippen LogP contribution in [0.5, 0.6) is 0 Å². The van der Waals surface area contributed by atoms with Gasteiger partial charge in [0.15, 0.2) is 9.84 Å². The zero-order chi connectivity index (χ0) is 15.5. The largest absolute Gasteiger partial charge is 0.480 e. The zero-order valence-corrected chi connectivity index (χ0v) is 12.7. The molecule has 0 aliphatic carbocycles. The molecule has 2 amide bonds. The highest BCUT2D eigenvalue weighted by molar-refractivity contribution is 7.91. The summed E-state index contributed by atoms with van der Waals surface area (Å²) in [6.45, 7) is -0.346. The molecule has 0 spiro atoms. The minimum Gasteiger partial charge on any atom is -0.480 e. The average molecular weight is 333 g/mol. The van der Waals surface area contributed by atoms with Gasteiger partial charge in [0.25, 0.3) is 0 Å². The van der Waals surface area contributed by atoms with Crippen molar-refractivity contribution in [2.45, 2.75) is 19.0 Å². The van der Waals surface area contributed by atoms with Gasteiger partial charge >= 0.3 is 12.0 Å². The van der Waals surface area contributed by atoms with Crippen LogP contribution >= 0.6 is 11.3 Å².